The molecule has 3 atom stereocenters. The van der Waals surface area contributed by atoms with Crippen LogP contribution in [0.25, 0.3) is 0 Å². The summed E-state index contributed by atoms with van der Waals surface area (Å²) < 4.78 is 6.74. The van der Waals surface area contributed by atoms with Gasteiger partial charge in [0.15, 0.2) is 6.10 Å². The predicted molar refractivity (Wildman–Crippen MR) is 83.9 cm³/mol. The van der Waals surface area contributed by atoms with Crippen LogP contribution in [0.2, 0.25) is 0 Å². The molecule has 1 aliphatic rings. The summed E-state index contributed by atoms with van der Waals surface area (Å²) in [7, 11) is 0. The largest absolute Gasteiger partial charge is 0.481 e. The van der Waals surface area contributed by atoms with Gasteiger partial charge in [0.25, 0.3) is 5.91 Å². The summed E-state index contributed by atoms with van der Waals surface area (Å²) in [5, 5.41) is 0. The van der Waals surface area contributed by atoms with Gasteiger partial charge in [-0.2, -0.15) is 0 Å². The average molecular weight is 340 g/mol. The molecule has 110 valence electrons. The van der Waals surface area contributed by atoms with Crippen LogP contribution < -0.4 is 4.74 Å². The normalized spacial score (nSPS) is 24.3. The third-order valence-electron chi connectivity index (χ3n) is 3.90. The number of piperidine rings is 1. The Morgan fingerprint density at radius 3 is 2.60 bits per heavy atom. The number of carbonyl (C=O) groups is 1. The van der Waals surface area contributed by atoms with Gasteiger partial charge in [-0.3, -0.25) is 4.79 Å². The topological polar surface area (TPSA) is 29.5 Å². The van der Waals surface area contributed by atoms with Crippen molar-refractivity contribution in [2.24, 2.45) is 0 Å². The first-order valence-corrected chi connectivity index (χ1v) is 8.02. The van der Waals surface area contributed by atoms with E-state index in [4.69, 9.17) is 4.74 Å². The zero-order chi connectivity index (χ0) is 14.7. The number of ether oxygens (including phenoxy) is 1. The van der Waals surface area contributed by atoms with Crippen molar-refractivity contribution in [1.29, 1.82) is 0 Å². The zero-order valence-corrected chi connectivity index (χ0v) is 13.9. The first-order valence-electron chi connectivity index (χ1n) is 7.23. The molecule has 0 saturated carbocycles. The third-order valence-corrected chi connectivity index (χ3v) is 4.40. The molecule has 1 fully saturated rings. The van der Waals surface area contributed by atoms with E-state index in [0.29, 0.717) is 12.1 Å². The maximum absolute atomic E-state index is 12.6. The van der Waals surface area contributed by atoms with Crippen molar-refractivity contribution in [3.05, 3.63) is 28.7 Å². The highest BCUT2D eigenvalue weighted by atomic mass is 79.9. The van der Waals surface area contributed by atoms with E-state index in [1.165, 1.54) is 6.42 Å². The first-order chi connectivity index (χ1) is 9.49. The fourth-order valence-corrected chi connectivity index (χ4v) is 3.24. The van der Waals surface area contributed by atoms with E-state index in [-0.39, 0.29) is 5.91 Å². The molecule has 0 aliphatic carbocycles. The summed E-state index contributed by atoms with van der Waals surface area (Å²) in [5.74, 6) is 0.808. The molecule has 1 heterocycles. The quantitative estimate of drug-likeness (QED) is 0.832. The number of likely N-dealkylation sites (tertiary alicyclic amines) is 1. The van der Waals surface area contributed by atoms with Gasteiger partial charge in [0, 0.05) is 16.6 Å². The summed E-state index contributed by atoms with van der Waals surface area (Å²) in [6, 6.07) is 8.21. The Hall–Kier alpha value is -1.03. The molecule has 3 unspecified atom stereocenters. The van der Waals surface area contributed by atoms with E-state index in [0.717, 1.165) is 23.1 Å². The van der Waals surface area contributed by atoms with E-state index in [9.17, 15) is 4.79 Å². The lowest BCUT2D eigenvalue weighted by Crippen LogP contribution is -2.51. The molecule has 2 rings (SSSR count). The molecular formula is C16H22BrNO2. The van der Waals surface area contributed by atoms with Crippen molar-refractivity contribution in [3.8, 4) is 5.75 Å². The van der Waals surface area contributed by atoms with E-state index in [2.05, 4.69) is 29.8 Å². The SMILES string of the molecule is CC(Oc1cccc(Br)c1)C(=O)N1C(C)CCCC1C. The van der Waals surface area contributed by atoms with E-state index < -0.39 is 6.10 Å². The van der Waals surface area contributed by atoms with Crippen LogP contribution in [-0.2, 0) is 4.79 Å². The molecule has 3 nitrogen and oxygen atoms in total. The van der Waals surface area contributed by atoms with Crippen LogP contribution in [0.1, 0.15) is 40.0 Å². The van der Waals surface area contributed by atoms with Crippen molar-refractivity contribution in [2.75, 3.05) is 0 Å². The predicted octanol–water partition coefficient (Wildman–Crippen LogP) is 4.01. The van der Waals surface area contributed by atoms with Crippen molar-refractivity contribution in [2.45, 2.75) is 58.2 Å². The summed E-state index contributed by atoms with van der Waals surface area (Å²) in [4.78, 5) is 14.6. The van der Waals surface area contributed by atoms with Gasteiger partial charge in [0.1, 0.15) is 5.75 Å². The van der Waals surface area contributed by atoms with Gasteiger partial charge in [-0.25, -0.2) is 0 Å². The monoisotopic (exact) mass is 339 g/mol. The van der Waals surface area contributed by atoms with Crippen LogP contribution in [0.5, 0.6) is 5.75 Å². The van der Waals surface area contributed by atoms with E-state index in [1.54, 1.807) is 0 Å². The fourth-order valence-electron chi connectivity index (χ4n) is 2.86. The standard InChI is InChI=1S/C16H22BrNO2/c1-11-6-4-7-12(2)18(11)16(19)13(3)20-15-9-5-8-14(17)10-15/h5,8-13H,4,6-7H2,1-3H3. The second kappa shape index (κ2) is 6.61. The second-order valence-electron chi connectivity index (χ2n) is 5.59. The summed E-state index contributed by atoms with van der Waals surface area (Å²) >= 11 is 3.41. The number of rotatable bonds is 3. The minimum Gasteiger partial charge on any atom is -0.481 e. The Labute approximate surface area is 129 Å². The van der Waals surface area contributed by atoms with Crippen LogP contribution in [0.4, 0.5) is 0 Å². The van der Waals surface area contributed by atoms with Gasteiger partial charge in [0.2, 0.25) is 0 Å². The lowest BCUT2D eigenvalue weighted by atomic mass is 9.97. The van der Waals surface area contributed by atoms with Crippen LogP contribution in [0.15, 0.2) is 28.7 Å². The van der Waals surface area contributed by atoms with E-state index in [1.807, 2.05) is 36.1 Å². The highest BCUT2D eigenvalue weighted by Crippen LogP contribution is 2.25. The van der Waals surface area contributed by atoms with Crippen LogP contribution in [0.3, 0.4) is 0 Å². The van der Waals surface area contributed by atoms with Gasteiger partial charge in [-0.15, -0.1) is 0 Å². The molecule has 4 heteroatoms. The number of benzene rings is 1. The first kappa shape index (κ1) is 15.4. The van der Waals surface area contributed by atoms with Crippen LogP contribution in [0, 0.1) is 0 Å². The smallest absolute Gasteiger partial charge is 0.263 e. The molecule has 0 N–H and O–H groups in total. The van der Waals surface area contributed by atoms with E-state index >= 15 is 0 Å². The highest BCUT2D eigenvalue weighted by Gasteiger charge is 2.32. The van der Waals surface area contributed by atoms with Crippen molar-refractivity contribution in [1.82, 2.24) is 4.90 Å². The Bertz CT molecular complexity index is 467. The molecular weight excluding hydrogens is 318 g/mol. The van der Waals surface area contributed by atoms with Gasteiger partial charge < -0.3 is 9.64 Å². The fraction of sp³-hybridized carbons (Fsp3) is 0.562. The summed E-state index contributed by atoms with van der Waals surface area (Å²) in [5.41, 5.74) is 0. The number of carbonyl (C=O) groups excluding carboxylic acids is 1. The molecule has 1 aromatic carbocycles. The lowest BCUT2D eigenvalue weighted by molar-refractivity contribution is -0.144. The van der Waals surface area contributed by atoms with Crippen molar-refractivity contribution in [3.63, 3.8) is 0 Å². The Balaban J connectivity index is 2.04. The van der Waals surface area contributed by atoms with Gasteiger partial charge >= 0.3 is 0 Å². The average Bonchev–Trinajstić information content (AvgIpc) is 2.38. The maximum atomic E-state index is 12.6. The number of hydrogen-bond acceptors (Lipinski definition) is 2. The summed E-state index contributed by atoms with van der Waals surface area (Å²) in [6.45, 7) is 6.08. The molecule has 0 bridgehead atoms. The van der Waals surface area contributed by atoms with Crippen molar-refractivity contribution >= 4 is 21.8 Å². The van der Waals surface area contributed by atoms with Gasteiger partial charge in [-0.1, -0.05) is 22.0 Å². The second-order valence-corrected chi connectivity index (χ2v) is 6.51. The molecule has 1 amide bonds. The minimum atomic E-state index is -0.452. The zero-order valence-electron chi connectivity index (χ0n) is 12.3. The van der Waals surface area contributed by atoms with Crippen LogP contribution in [-0.4, -0.2) is 29.0 Å². The van der Waals surface area contributed by atoms with Gasteiger partial charge in [0.05, 0.1) is 0 Å². The molecule has 0 aromatic heterocycles. The molecule has 1 aliphatic heterocycles. The third kappa shape index (κ3) is 3.54. The Morgan fingerprint density at radius 1 is 1.35 bits per heavy atom. The Kier molecular flexibility index (Phi) is 5.08. The number of halogens is 1. The van der Waals surface area contributed by atoms with Crippen molar-refractivity contribution < 1.29 is 9.53 Å². The molecule has 1 saturated heterocycles. The summed E-state index contributed by atoms with van der Waals surface area (Å²) in [6.07, 6.45) is 2.92. The minimum absolute atomic E-state index is 0.0877. The highest BCUT2D eigenvalue weighted by molar-refractivity contribution is 9.10. The number of hydrogen-bond donors (Lipinski definition) is 0. The lowest BCUT2D eigenvalue weighted by Gasteiger charge is -2.40. The molecule has 0 spiro atoms. The van der Waals surface area contributed by atoms with Crippen LogP contribution >= 0.6 is 15.9 Å². The number of amides is 1. The molecule has 20 heavy (non-hydrogen) atoms. The number of nitrogens with zero attached hydrogens (tertiary/aromatic N) is 1. The maximum Gasteiger partial charge on any atom is 0.263 e. The van der Waals surface area contributed by atoms with Gasteiger partial charge in [-0.05, 0) is 58.2 Å². The Morgan fingerprint density at radius 2 is 2.00 bits per heavy atom. The molecule has 1 aromatic rings. The molecule has 0 radical (unpaired) electrons.